The lowest BCUT2D eigenvalue weighted by Gasteiger charge is -2.16. The standard InChI is InChI=1S/C16H18N2O3S/c1-11-6-3-4-9-15(11)12(2)18-16(19)13-7-5-8-14(10-13)22(17,20)21/h3-10,12H,1-2H3,(H,18,19)(H2,17,20,21). The van der Waals surface area contributed by atoms with Gasteiger partial charge in [0.15, 0.2) is 0 Å². The van der Waals surface area contributed by atoms with Crippen molar-refractivity contribution >= 4 is 15.9 Å². The van der Waals surface area contributed by atoms with Crippen LogP contribution in [-0.4, -0.2) is 14.3 Å². The molecule has 2 aromatic carbocycles. The van der Waals surface area contributed by atoms with Crippen LogP contribution < -0.4 is 10.5 Å². The predicted molar refractivity (Wildman–Crippen MR) is 84.9 cm³/mol. The SMILES string of the molecule is Cc1ccccc1C(C)NC(=O)c1cccc(S(N)(=O)=O)c1. The van der Waals surface area contributed by atoms with Crippen molar-refractivity contribution in [3.63, 3.8) is 0 Å². The number of benzene rings is 2. The van der Waals surface area contributed by atoms with E-state index in [1.165, 1.54) is 18.2 Å². The van der Waals surface area contributed by atoms with E-state index in [0.717, 1.165) is 11.1 Å². The maximum atomic E-state index is 12.3. The summed E-state index contributed by atoms with van der Waals surface area (Å²) in [5, 5.41) is 7.94. The average Bonchev–Trinajstić information content (AvgIpc) is 2.46. The number of sulfonamides is 1. The van der Waals surface area contributed by atoms with E-state index in [0.29, 0.717) is 0 Å². The average molecular weight is 318 g/mol. The zero-order valence-electron chi connectivity index (χ0n) is 12.4. The van der Waals surface area contributed by atoms with Gasteiger partial charge in [0.25, 0.3) is 5.91 Å². The van der Waals surface area contributed by atoms with Crippen molar-refractivity contribution in [1.29, 1.82) is 0 Å². The highest BCUT2D eigenvalue weighted by molar-refractivity contribution is 7.89. The van der Waals surface area contributed by atoms with Crippen LogP contribution in [0.2, 0.25) is 0 Å². The molecule has 6 heteroatoms. The molecule has 1 unspecified atom stereocenters. The van der Waals surface area contributed by atoms with Gasteiger partial charge in [0, 0.05) is 5.56 Å². The van der Waals surface area contributed by atoms with Crippen LogP contribution in [0.4, 0.5) is 0 Å². The van der Waals surface area contributed by atoms with Gasteiger partial charge in [0.2, 0.25) is 10.0 Å². The van der Waals surface area contributed by atoms with Gasteiger partial charge in [-0.05, 0) is 43.2 Å². The molecule has 2 aromatic rings. The fourth-order valence-electron chi connectivity index (χ4n) is 2.24. The highest BCUT2D eigenvalue weighted by Gasteiger charge is 2.15. The second kappa shape index (κ2) is 6.29. The van der Waals surface area contributed by atoms with E-state index in [-0.39, 0.29) is 22.4 Å². The lowest BCUT2D eigenvalue weighted by atomic mass is 10.0. The zero-order chi connectivity index (χ0) is 16.3. The van der Waals surface area contributed by atoms with Crippen molar-refractivity contribution in [3.05, 3.63) is 65.2 Å². The number of carbonyl (C=O) groups is 1. The first-order chi connectivity index (χ1) is 10.3. The molecule has 0 bridgehead atoms. The van der Waals surface area contributed by atoms with Crippen LogP contribution in [0.1, 0.15) is 34.5 Å². The second-order valence-corrected chi connectivity index (χ2v) is 6.69. The summed E-state index contributed by atoms with van der Waals surface area (Å²) < 4.78 is 22.7. The number of rotatable bonds is 4. The van der Waals surface area contributed by atoms with Crippen molar-refractivity contribution in [2.75, 3.05) is 0 Å². The summed E-state index contributed by atoms with van der Waals surface area (Å²) in [6.07, 6.45) is 0. The first kappa shape index (κ1) is 16.2. The molecule has 0 aliphatic heterocycles. The van der Waals surface area contributed by atoms with Gasteiger partial charge in [-0.1, -0.05) is 30.3 Å². The largest absolute Gasteiger partial charge is 0.346 e. The molecule has 0 fully saturated rings. The molecule has 1 amide bonds. The normalized spacial score (nSPS) is 12.7. The minimum atomic E-state index is -3.83. The summed E-state index contributed by atoms with van der Waals surface area (Å²) >= 11 is 0. The number of primary sulfonamides is 1. The summed E-state index contributed by atoms with van der Waals surface area (Å²) in [7, 11) is -3.83. The monoisotopic (exact) mass is 318 g/mol. The second-order valence-electron chi connectivity index (χ2n) is 5.12. The van der Waals surface area contributed by atoms with Gasteiger partial charge in [-0.2, -0.15) is 0 Å². The first-order valence-electron chi connectivity index (χ1n) is 6.78. The van der Waals surface area contributed by atoms with Crippen molar-refractivity contribution in [2.24, 2.45) is 5.14 Å². The molecule has 3 N–H and O–H groups in total. The highest BCUT2D eigenvalue weighted by Crippen LogP contribution is 2.18. The Balaban J connectivity index is 2.21. The molecule has 0 saturated heterocycles. The molecule has 5 nitrogen and oxygen atoms in total. The fourth-order valence-corrected chi connectivity index (χ4v) is 2.80. The summed E-state index contributed by atoms with van der Waals surface area (Å²) in [5.41, 5.74) is 2.35. The molecule has 0 aromatic heterocycles. The predicted octanol–water partition coefficient (Wildman–Crippen LogP) is 2.13. The Labute approximate surface area is 130 Å². The summed E-state index contributed by atoms with van der Waals surface area (Å²) in [6.45, 7) is 3.85. The number of carbonyl (C=O) groups excluding carboxylic acids is 1. The molecular weight excluding hydrogens is 300 g/mol. The summed E-state index contributed by atoms with van der Waals surface area (Å²) in [4.78, 5) is 12.2. The van der Waals surface area contributed by atoms with Crippen LogP contribution in [-0.2, 0) is 10.0 Å². The maximum Gasteiger partial charge on any atom is 0.251 e. The fraction of sp³-hybridized carbons (Fsp3) is 0.188. The summed E-state index contributed by atoms with van der Waals surface area (Å²) in [6, 6.07) is 13.2. The molecule has 1 atom stereocenters. The Morgan fingerprint density at radius 1 is 1.14 bits per heavy atom. The minimum absolute atomic E-state index is 0.0799. The number of nitrogens with two attached hydrogens (primary N) is 1. The Kier molecular flexibility index (Phi) is 4.63. The third-order valence-corrected chi connectivity index (χ3v) is 4.34. The number of hydrogen-bond donors (Lipinski definition) is 2. The smallest absolute Gasteiger partial charge is 0.251 e. The van der Waals surface area contributed by atoms with E-state index in [1.54, 1.807) is 6.07 Å². The quantitative estimate of drug-likeness (QED) is 0.905. The van der Waals surface area contributed by atoms with E-state index in [4.69, 9.17) is 5.14 Å². The van der Waals surface area contributed by atoms with Crippen molar-refractivity contribution in [3.8, 4) is 0 Å². The molecule has 0 saturated carbocycles. The van der Waals surface area contributed by atoms with Gasteiger partial charge >= 0.3 is 0 Å². The molecule has 22 heavy (non-hydrogen) atoms. The Morgan fingerprint density at radius 2 is 1.82 bits per heavy atom. The van der Waals surface area contributed by atoms with Gasteiger partial charge in [-0.15, -0.1) is 0 Å². The molecule has 0 radical (unpaired) electrons. The van der Waals surface area contributed by atoms with E-state index < -0.39 is 10.0 Å². The topological polar surface area (TPSA) is 89.3 Å². The van der Waals surface area contributed by atoms with Gasteiger partial charge in [-0.3, -0.25) is 4.79 Å². The van der Waals surface area contributed by atoms with Crippen molar-refractivity contribution in [1.82, 2.24) is 5.32 Å². The van der Waals surface area contributed by atoms with Crippen molar-refractivity contribution < 1.29 is 13.2 Å². The van der Waals surface area contributed by atoms with E-state index in [9.17, 15) is 13.2 Å². The number of amides is 1. The lowest BCUT2D eigenvalue weighted by Crippen LogP contribution is -2.27. The van der Waals surface area contributed by atoms with Crippen LogP contribution in [0.25, 0.3) is 0 Å². The van der Waals surface area contributed by atoms with Crippen LogP contribution in [0.15, 0.2) is 53.4 Å². The number of aryl methyl sites for hydroxylation is 1. The first-order valence-corrected chi connectivity index (χ1v) is 8.33. The molecule has 0 aliphatic rings. The third-order valence-electron chi connectivity index (χ3n) is 3.43. The molecule has 116 valence electrons. The van der Waals surface area contributed by atoms with Gasteiger partial charge in [0.05, 0.1) is 10.9 Å². The zero-order valence-corrected chi connectivity index (χ0v) is 13.2. The molecule has 2 rings (SSSR count). The highest BCUT2D eigenvalue weighted by atomic mass is 32.2. The summed E-state index contributed by atoms with van der Waals surface area (Å²) in [5.74, 6) is -0.346. The van der Waals surface area contributed by atoms with Crippen LogP contribution in [0.5, 0.6) is 0 Å². The Morgan fingerprint density at radius 3 is 2.45 bits per heavy atom. The van der Waals surface area contributed by atoms with Gasteiger partial charge in [-0.25, -0.2) is 13.6 Å². The molecule has 0 spiro atoms. The lowest BCUT2D eigenvalue weighted by molar-refractivity contribution is 0.0939. The Hall–Kier alpha value is -2.18. The third kappa shape index (κ3) is 3.72. The molecular formula is C16H18N2O3S. The minimum Gasteiger partial charge on any atom is -0.346 e. The van der Waals surface area contributed by atoms with Crippen LogP contribution in [0, 0.1) is 6.92 Å². The molecule has 0 heterocycles. The van der Waals surface area contributed by atoms with E-state index >= 15 is 0 Å². The molecule has 0 aliphatic carbocycles. The van der Waals surface area contributed by atoms with E-state index in [2.05, 4.69) is 5.32 Å². The van der Waals surface area contributed by atoms with Gasteiger partial charge in [0.1, 0.15) is 0 Å². The maximum absolute atomic E-state index is 12.3. The van der Waals surface area contributed by atoms with Crippen LogP contribution in [0.3, 0.4) is 0 Å². The number of hydrogen-bond acceptors (Lipinski definition) is 3. The van der Waals surface area contributed by atoms with Crippen molar-refractivity contribution in [2.45, 2.75) is 24.8 Å². The van der Waals surface area contributed by atoms with Gasteiger partial charge < -0.3 is 5.32 Å². The van der Waals surface area contributed by atoms with E-state index in [1.807, 2.05) is 38.1 Å². The number of nitrogens with one attached hydrogen (secondary N) is 1. The Bertz CT molecular complexity index is 801. The van der Waals surface area contributed by atoms with Crippen LogP contribution >= 0.6 is 0 Å².